The number of hydrogen-bond acceptors (Lipinski definition) is 4. The minimum atomic E-state index is 0.0659. The van der Waals surface area contributed by atoms with Crippen LogP contribution < -0.4 is 5.32 Å². The highest BCUT2D eigenvalue weighted by Crippen LogP contribution is 2.17. The predicted octanol–water partition coefficient (Wildman–Crippen LogP) is 3.62. The van der Waals surface area contributed by atoms with Crippen LogP contribution in [0.4, 0.5) is 5.69 Å². The fourth-order valence-corrected chi connectivity index (χ4v) is 3.74. The van der Waals surface area contributed by atoms with E-state index in [1.807, 2.05) is 24.6 Å². The van der Waals surface area contributed by atoms with Crippen molar-refractivity contribution >= 4 is 22.9 Å². The maximum absolute atomic E-state index is 12.1. The molecule has 2 heterocycles. The van der Waals surface area contributed by atoms with Gasteiger partial charge >= 0.3 is 0 Å². The molecule has 1 aromatic heterocycles. The van der Waals surface area contributed by atoms with Crippen molar-refractivity contribution in [2.75, 3.05) is 18.4 Å². The van der Waals surface area contributed by atoms with Crippen molar-refractivity contribution in [3.63, 3.8) is 0 Å². The third-order valence-corrected chi connectivity index (χ3v) is 5.23. The summed E-state index contributed by atoms with van der Waals surface area (Å²) in [6.45, 7) is 5.34. The summed E-state index contributed by atoms with van der Waals surface area (Å²) in [7, 11) is 0. The number of rotatable bonds is 6. The highest BCUT2D eigenvalue weighted by molar-refractivity contribution is 7.09. The van der Waals surface area contributed by atoms with Crippen molar-refractivity contribution in [2.45, 2.75) is 39.2 Å². The van der Waals surface area contributed by atoms with Crippen LogP contribution in [0.1, 0.15) is 35.4 Å². The van der Waals surface area contributed by atoms with Crippen LogP contribution in [0.25, 0.3) is 0 Å². The average molecular weight is 329 g/mol. The lowest BCUT2D eigenvalue weighted by Gasteiger charge is -2.15. The van der Waals surface area contributed by atoms with Crippen molar-refractivity contribution in [1.29, 1.82) is 0 Å². The molecule has 122 valence electrons. The second-order valence-electron chi connectivity index (χ2n) is 6.09. The van der Waals surface area contributed by atoms with Gasteiger partial charge in [0.2, 0.25) is 5.91 Å². The third kappa shape index (κ3) is 4.62. The number of carbonyl (C=O) groups excluding carboxylic acids is 1. The molecule has 1 fully saturated rings. The van der Waals surface area contributed by atoms with Gasteiger partial charge in [-0.3, -0.25) is 9.69 Å². The number of nitrogens with one attached hydrogen (secondary N) is 1. The number of aromatic nitrogens is 1. The van der Waals surface area contributed by atoms with Gasteiger partial charge in [0.05, 0.1) is 11.2 Å². The van der Waals surface area contributed by atoms with Gasteiger partial charge in [-0.15, -0.1) is 11.3 Å². The molecule has 1 saturated heterocycles. The second kappa shape index (κ2) is 7.70. The highest BCUT2D eigenvalue weighted by Gasteiger charge is 2.12. The quantitative estimate of drug-likeness (QED) is 0.880. The Hall–Kier alpha value is -1.72. The number of carbonyl (C=O) groups is 1. The first-order valence-electron chi connectivity index (χ1n) is 8.21. The molecule has 0 spiro atoms. The number of likely N-dealkylation sites (tertiary alicyclic amines) is 1. The maximum atomic E-state index is 12.1. The Morgan fingerprint density at radius 1 is 1.35 bits per heavy atom. The molecule has 1 amide bonds. The number of aryl methyl sites for hydroxylation is 2. The number of anilines is 1. The Morgan fingerprint density at radius 3 is 2.91 bits per heavy atom. The zero-order valence-electron chi connectivity index (χ0n) is 13.5. The zero-order valence-corrected chi connectivity index (χ0v) is 14.4. The molecular weight excluding hydrogens is 306 g/mol. The molecule has 0 saturated carbocycles. The molecule has 2 aromatic rings. The molecule has 0 radical (unpaired) electrons. The van der Waals surface area contributed by atoms with Crippen LogP contribution in [0.15, 0.2) is 29.8 Å². The van der Waals surface area contributed by atoms with E-state index in [4.69, 9.17) is 0 Å². The molecule has 1 N–H and O–H groups in total. The van der Waals surface area contributed by atoms with Crippen molar-refractivity contribution in [3.05, 3.63) is 45.9 Å². The second-order valence-corrected chi connectivity index (χ2v) is 7.03. The van der Waals surface area contributed by atoms with E-state index < -0.39 is 0 Å². The van der Waals surface area contributed by atoms with E-state index in [0.29, 0.717) is 6.42 Å². The van der Waals surface area contributed by atoms with Crippen LogP contribution in [0.5, 0.6) is 0 Å². The van der Waals surface area contributed by atoms with Crippen LogP contribution in [0.3, 0.4) is 0 Å². The van der Waals surface area contributed by atoms with Crippen LogP contribution in [-0.2, 0) is 17.8 Å². The Morgan fingerprint density at radius 2 is 2.17 bits per heavy atom. The van der Waals surface area contributed by atoms with E-state index >= 15 is 0 Å². The Balaban J connectivity index is 1.52. The van der Waals surface area contributed by atoms with Gasteiger partial charge in [-0.1, -0.05) is 12.1 Å². The Kier molecular flexibility index (Phi) is 5.41. The van der Waals surface area contributed by atoms with E-state index in [-0.39, 0.29) is 5.91 Å². The number of benzene rings is 1. The molecule has 3 rings (SSSR count). The number of hydrogen-bond donors (Lipinski definition) is 1. The standard InChI is InChI=1S/C18H23N3OS/c1-14-17(23-13-19-14)7-8-18(22)20-16-6-4-5-15(11-16)12-21-9-2-3-10-21/h4-6,11,13H,2-3,7-10,12H2,1H3,(H,20,22). The topological polar surface area (TPSA) is 45.2 Å². The molecule has 0 bridgehead atoms. The monoisotopic (exact) mass is 329 g/mol. The van der Waals surface area contributed by atoms with E-state index in [2.05, 4.69) is 27.3 Å². The van der Waals surface area contributed by atoms with E-state index in [0.717, 1.165) is 24.3 Å². The summed E-state index contributed by atoms with van der Waals surface area (Å²) < 4.78 is 0. The first kappa shape index (κ1) is 16.1. The van der Waals surface area contributed by atoms with Crippen molar-refractivity contribution in [2.24, 2.45) is 0 Å². The summed E-state index contributed by atoms with van der Waals surface area (Å²) in [5, 5.41) is 3.02. The van der Waals surface area contributed by atoms with Crippen molar-refractivity contribution in [3.8, 4) is 0 Å². The van der Waals surface area contributed by atoms with Crippen molar-refractivity contribution in [1.82, 2.24) is 9.88 Å². The maximum Gasteiger partial charge on any atom is 0.224 e. The van der Waals surface area contributed by atoms with Crippen LogP contribution in [0, 0.1) is 6.92 Å². The van der Waals surface area contributed by atoms with E-state index in [9.17, 15) is 4.79 Å². The first-order valence-corrected chi connectivity index (χ1v) is 9.09. The largest absolute Gasteiger partial charge is 0.326 e. The van der Waals surface area contributed by atoms with Gasteiger partial charge < -0.3 is 5.32 Å². The summed E-state index contributed by atoms with van der Waals surface area (Å²) >= 11 is 1.62. The van der Waals surface area contributed by atoms with Gasteiger partial charge in [-0.05, 0) is 57.0 Å². The average Bonchev–Trinajstić information content (AvgIpc) is 3.17. The van der Waals surface area contributed by atoms with Crippen LogP contribution in [-0.4, -0.2) is 28.9 Å². The lowest BCUT2D eigenvalue weighted by atomic mass is 10.1. The Bertz CT molecular complexity index is 662. The van der Waals surface area contributed by atoms with Gasteiger partial charge in [0, 0.05) is 23.5 Å². The summed E-state index contributed by atoms with van der Waals surface area (Å²) in [6.07, 6.45) is 3.86. The summed E-state index contributed by atoms with van der Waals surface area (Å²) in [6, 6.07) is 8.21. The fourth-order valence-electron chi connectivity index (χ4n) is 2.96. The van der Waals surface area contributed by atoms with Gasteiger partial charge in [0.15, 0.2) is 0 Å². The Labute approximate surface area is 141 Å². The molecule has 23 heavy (non-hydrogen) atoms. The van der Waals surface area contributed by atoms with E-state index in [1.54, 1.807) is 11.3 Å². The number of amides is 1. The molecule has 5 heteroatoms. The van der Waals surface area contributed by atoms with Gasteiger partial charge in [-0.2, -0.15) is 0 Å². The molecule has 1 aliphatic heterocycles. The summed E-state index contributed by atoms with van der Waals surface area (Å²) in [4.78, 5) is 20.0. The van der Waals surface area contributed by atoms with Gasteiger partial charge in [-0.25, -0.2) is 4.98 Å². The molecule has 1 aromatic carbocycles. The minimum absolute atomic E-state index is 0.0659. The van der Waals surface area contributed by atoms with Crippen molar-refractivity contribution < 1.29 is 4.79 Å². The molecule has 4 nitrogen and oxygen atoms in total. The summed E-state index contributed by atoms with van der Waals surface area (Å²) in [5.41, 5.74) is 5.04. The molecule has 0 atom stereocenters. The predicted molar refractivity (Wildman–Crippen MR) is 94.8 cm³/mol. The van der Waals surface area contributed by atoms with E-state index in [1.165, 1.54) is 36.4 Å². The SMILES string of the molecule is Cc1ncsc1CCC(=O)Nc1cccc(CN2CCCC2)c1. The molecule has 1 aliphatic rings. The van der Waals surface area contributed by atoms with Crippen LogP contribution >= 0.6 is 11.3 Å². The first-order chi connectivity index (χ1) is 11.2. The zero-order chi connectivity index (χ0) is 16.1. The van der Waals surface area contributed by atoms with Crippen LogP contribution in [0.2, 0.25) is 0 Å². The van der Waals surface area contributed by atoms with Gasteiger partial charge in [0.1, 0.15) is 0 Å². The van der Waals surface area contributed by atoms with Gasteiger partial charge in [0.25, 0.3) is 0 Å². The third-order valence-electron chi connectivity index (χ3n) is 4.24. The highest BCUT2D eigenvalue weighted by atomic mass is 32.1. The lowest BCUT2D eigenvalue weighted by molar-refractivity contribution is -0.116. The molecular formula is C18H23N3OS. The number of thiazole rings is 1. The molecule has 0 aliphatic carbocycles. The molecule has 0 unspecified atom stereocenters. The number of nitrogens with zero attached hydrogens (tertiary/aromatic N) is 2. The summed E-state index contributed by atoms with van der Waals surface area (Å²) in [5.74, 6) is 0.0659. The lowest BCUT2D eigenvalue weighted by Crippen LogP contribution is -2.18. The minimum Gasteiger partial charge on any atom is -0.326 e. The fraction of sp³-hybridized carbons (Fsp3) is 0.444. The smallest absolute Gasteiger partial charge is 0.224 e. The normalized spacial score (nSPS) is 15.0.